The van der Waals surface area contributed by atoms with Gasteiger partial charge < -0.3 is 16.3 Å². The Bertz CT molecular complexity index is 804. The van der Waals surface area contributed by atoms with Gasteiger partial charge in [0.15, 0.2) is 17.4 Å². The molecular weight excluding hydrogens is 370 g/mol. The fourth-order valence-electron chi connectivity index (χ4n) is 2.70. The number of hydrogen-bond donors (Lipinski definition) is 2. The topological polar surface area (TPSA) is 86.5 Å². The lowest BCUT2D eigenvalue weighted by atomic mass is 10.00. The molecule has 1 heterocycles. The molecule has 1 aliphatic carbocycles. The van der Waals surface area contributed by atoms with E-state index in [0.717, 1.165) is 23.4 Å². The first-order chi connectivity index (χ1) is 13.1. The minimum absolute atomic E-state index is 0.110. The number of rotatable bonds is 8. The van der Waals surface area contributed by atoms with Crippen molar-refractivity contribution >= 4 is 17.6 Å². The highest BCUT2D eigenvalue weighted by Gasteiger charge is 2.22. The highest BCUT2D eigenvalue weighted by Crippen LogP contribution is 2.40. The Balaban J connectivity index is 1.74. The maximum atomic E-state index is 14.5. The van der Waals surface area contributed by atoms with Crippen LogP contribution in [0.2, 0.25) is 0 Å². The van der Waals surface area contributed by atoms with Crippen LogP contribution < -0.4 is 16.3 Å². The van der Waals surface area contributed by atoms with E-state index in [4.69, 9.17) is 16.3 Å². The molecule has 8 heteroatoms. The van der Waals surface area contributed by atoms with Crippen LogP contribution in [0, 0.1) is 11.6 Å². The third kappa shape index (κ3) is 4.88. The van der Waals surface area contributed by atoms with E-state index in [-0.39, 0.29) is 18.2 Å². The Kier molecular flexibility index (Phi) is 6.49. The summed E-state index contributed by atoms with van der Waals surface area (Å²) >= 11 is 1.67. The third-order valence-electron chi connectivity index (χ3n) is 4.40. The molecule has 0 amide bonds. The first-order valence-corrected chi connectivity index (χ1v) is 9.72. The van der Waals surface area contributed by atoms with Crippen LogP contribution in [0.25, 0.3) is 11.1 Å². The van der Waals surface area contributed by atoms with Gasteiger partial charge in [-0.05, 0) is 43.0 Å². The molecule has 1 fully saturated rings. The van der Waals surface area contributed by atoms with Gasteiger partial charge in [-0.15, -0.1) is 11.8 Å². The van der Waals surface area contributed by atoms with Gasteiger partial charge in [0.2, 0.25) is 0 Å². The fourth-order valence-corrected chi connectivity index (χ4v) is 4.02. The second kappa shape index (κ2) is 9.03. The van der Waals surface area contributed by atoms with Gasteiger partial charge in [-0.25, -0.2) is 13.8 Å². The summed E-state index contributed by atoms with van der Waals surface area (Å²) in [6, 6.07) is 6.17. The van der Waals surface area contributed by atoms with E-state index in [1.54, 1.807) is 24.0 Å². The normalized spacial score (nSPS) is 14.8. The van der Waals surface area contributed by atoms with Crippen molar-refractivity contribution in [1.29, 1.82) is 0 Å². The predicted molar refractivity (Wildman–Crippen MR) is 104 cm³/mol. The Morgan fingerprint density at radius 1 is 1.30 bits per heavy atom. The van der Waals surface area contributed by atoms with Crippen molar-refractivity contribution in [2.24, 2.45) is 16.7 Å². The average molecular weight is 392 g/mol. The number of nitrogens with two attached hydrogens (primary N) is 2. The van der Waals surface area contributed by atoms with E-state index in [1.165, 1.54) is 18.6 Å². The molecule has 2 aromatic rings. The van der Waals surface area contributed by atoms with E-state index >= 15 is 0 Å². The monoisotopic (exact) mass is 392 g/mol. The van der Waals surface area contributed by atoms with Crippen LogP contribution in [-0.4, -0.2) is 22.7 Å². The number of ether oxygens (including phenoxy) is 1. The summed E-state index contributed by atoms with van der Waals surface area (Å²) in [5.74, 6) is 3.43. The number of amidine groups is 1. The van der Waals surface area contributed by atoms with Gasteiger partial charge >= 0.3 is 0 Å². The van der Waals surface area contributed by atoms with Crippen LogP contribution >= 0.6 is 11.8 Å². The summed E-state index contributed by atoms with van der Waals surface area (Å²) in [6.07, 6.45) is 6.07. The maximum absolute atomic E-state index is 14.5. The van der Waals surface area contributed by atoms with Crippen LogP contribution in [0.1, 0.15) is 32.1 Å². The van der Waals surface area contributed by atoms with Gasteiger partial charge in [0, 0.05) is 23.4 Å². The molecule has 1 saturated carbocycles. The quantitative estimate of drug-likeness (QED) is 0.233. The molecule has 1 aromatic carbocycles. The van der Waals surface area contributed by atoms with Crippen molar-refractivity contribution < 1.29 is 13.5 Å². The van der Waals surface area contributed by atoms with Crippen molar-refractivity contribution in [2.75, 3.05) is 6.61 Å². The summed E-state index contributed by atoms with van der Waals surface area (Å²) < 4.78 is 34.2. The molecule has 0 atom stereocenters. The molecule has 0 aliphatic heterocycles. The lowest BCUT2D eigenvalue weighted by Crippen LogP contribution is -2.15. The Morgan fingerprint density at radius 2 is 2.04 bits per heavy atom. The van der Waals surface area contributed by atoms with Gasteiger partial charge in [-0.1, -0.05) is 12.5 Å². The number of nitrogens with zero attached hydrogens (tertiary/aromatic N) is 2. The smallest absolute Gasteiger partial charge is 0.190 e. The molecule has 0 unspecified atom stereocenters. The average Bonchev–Trinajstić information content (AvgIpc) is 2.63. The number of aromatic nitrogens is 1. The summed E-state index contributed by atoms with van der Waals surface area (Å²) in [5, 5.41) is 4.66. The zero-order valence-electron chi connectivity index (χ0n) is 14.8. The molecule has 27 heavy (non-hydrogen) atoms. The molecule has 4 N–H and O–H groups in total. The molecule has 0 saturated heterocycles. The van der Waals surface area contributed by atoms with Gasteiger partial charge in [0.1, 0.15) is 10.9 Å². The van der Waals surface area contributed by atoms with Crippen LogP contribution in [0.4, 0.5) is 8.78 Å². The lowest BCUT2D eigenvalue weighted by molar-refractivity contribution is 0.282. The summed E-state index contributed by atoms with van der Waals surface area (Å²) in [4.78, 5) is 4.40. The SMILES string of the molecule is N/N=C(\N)CCCOc1c(F)cc(-c2cccnc2SC2CCC2)cc1F. The molecule has 1 aromatic heterocycles. The molecule has 144 valence electrons. The molecule has 1 aliphatic rings. The van der Waals surface area contributed by atoms with Crippen molar-refractivity contribution in [2.45, 2.75) is 42.4 Å². The van der Waals surface area contributed by atoms with Crippen LogP contribution in [0.5, 0.6) is 5.75 Å². The van der Waals surface area contributed by atoms with E-state index in [0.29, 0.717) is 23.7 Å². The van der Waals surface area contributed by atoms with E-state index in [1.807, 2.05) is 6.07 Å². The van der Waals surface area contributed by atoms with Crippen molar-refractivity contribution in [3.05, 3.63) is 42.1 Å². The van der Waals surface area contributed by atoms with Crippen molar-refractivity contribution in [3.63, 3.8) is 0 Å². The van der Waals surface area contributed by atoms with Gasteiger partial charge in [-0.2, -0.15) is 5.10 Å². The van der Waals surface area contributed by atoms with Gasteiger partial charge in [0.25, 0.3) is 0 Å². The minimum atomic E-state index is -0.742. The lowest BCUT2D eigenvalue weighted by Gasteiger charge is -2.25. The van der Waals surface area contributed by atoms with Crippen molar-refractivity contribution in [1.82, 2.24) is 4.98 Å². The summed E-state index contributed by atoms with van der Waals surface area (Å²) in [5.41, 5.74) is 6.65. The first-order valence-electron chi connectivity index (χ1n) is 8.84. The largest absolute Gasteiger partial charge is 0.488 e. The van der Waals surface area contributed by atoms with E-state index < -0.39 is 11.6 Å². The fraction of sp³-hybridized carbons (Fsp3) is 0.368. The number of benzene rings is 1. The number of halogens is 2. The summed E-state index contributed by atoms with van der Waals surface area (Å²) in [6.45, 7) is 0.110. The Hall–Kier alpha value is -2.35. The molecular formula is C19H22F2N4OS. The van der Waals surface area contributed by atoms with Gasteiger partial charge in [0.05, 0.1) is 6.61 Å². The Morgan fingerprint density at radius 3 is 2.67 bits per heavy atom. The number of hydrogen-bond acceptors (Lipinski definition) is 5. The minimum Gasteiger partial charge on any atom is -0.488 e. The molecule has 3 rings (SSSR count). The maximum Gasteiger partial charge on any atom is 0.190 e. The molecule has 0 bridgehead atoms. The van der Waals surface area contributed by atoms with Crippen LogP contribution in [-0.2, 0) is 0 Å². The molecule has 5 nitrogen and oxygen atoms in total. The van der Waals surface area contributed by atoms with E-state index in [2.05, 4.69) is 10.1 Å². The van der Waals surface area contributed by atoms with Crippen LogP contribution in [0.3, 0.4) is 0 Å². The van der Waals surface area contributed by atoms with Crippen LogP contribution in [0.15, 0.2) is 40.6 Å². The zero-order valence-corrected chi connectivity index (χ0v) is 15.6. The highest BCUT2D eigenvalue weighted by molar-refractivity contribution is 8.00. The molecule has 0 spiro atoms. The number of hydrazone groups is 1. The van der Waals surface area contributed by atoms with Crippen molar-refractivity contribution in [3.8, 4) is 16.9 Å². The molecule has 0 radical (unpaired) electrons. The second-order valence-electron chi connectivity index (χ2n) is 6.37. The zero-order chi connectivity index (χ0) is 19.2. The second-order valence-corrected chi connectivity index (χ2v) is 7.66. The summed E-state index contributed by atoms with van der Waals surface area (Å²) in [7, 11) is 0. The standard InChI is InChI=1S/C19H22F2N4OS/c20-15-10-12(11-16(21)18(15)26-9-3-7-17(22)25-23)14-6-2-8-24-19(14)27-13-4-1-5-13/h2,6,8,10-11,13H,1,3-5,7,9,23H2,(H2,22,25). The number of thioether (sulfide) groups is 1. The Labute approximate surface area is 161 Å². The van der Waals surface area contributed by atoms with E-state index in [9.17, 15) is 8.78 Å². The first kappa shape index (κ1) is 19.4. The predicted octanol–water partition coefficient (Wildman–Crippen LogP) is 4.06. The number of pyridine rings is 1. The van der Waals surface area contributed by atoms with Gasteiger partial charge in [-0.3, -0.25) is 0 Å². The third-order valence-corrected chi connectivity index (χ3v) is 5.75. The highest BCUT2D eigenvalue weighted by atomic mass is 32.2.